The lowest BCUT2D eigenvalue weighted by Crippen LogP contribution is -2.36. The van der Waals surface area contributed by atoms with E-state index in [4.69, 9.17) is 9.47 Å². The van der Waals surface area contributed by atoms with E-state index in [1.165, 1.54) is 12.0 Å². The van der Waals surface area contributed by atoms with Crippen molar-refractivity contribution >= 4 is 15.9 Å². The molecular weight excluding hydrogens is 366 g/mol. The zero-order valence-electron chi connectivity index (χ0n) is 13.9. The van der Waals surface area contributed by atoms with Gasteiger partial charge in [0.15, 0.2) is 0 Å². The molecule has 1 aliphatic rings. The molecule has 0 spiro atoms. The summed E-state index contributed by atoms with van der Waals surface area (Å²) in [7, 11) is 0. The predicted molar refractivity (Wildman–Crippen MR) is 100 cm³/mol. The topological polar surface area (TPSA) is 21.7 Å². The first-order valence-electron chi connectivity index (χ1n) is 8.56. The second kappa shape index (κ2) is 9.21. The fourth-order valence-corrected chi connectivity index (χ4v) is 3.30. The smallest absolute Gasteiger partial charge is 0.120 e. The number of ether oxygens (including phenoxy) is 2. The number of rotatable bonds is 7. The molecule has 128 valence electrons. The third-order valence-corrected chi connectivity index (χ3v) is 5.07. The highest BCUT2D eigenvalue weighted by molar-refractivity contribution is 9.10. The van der Waals surface area contributed by atoms with E-state index in [2.05, 4.69) is 45.1 Å². The Balaban J connectivity index is 1.47. The minimum absolute atomic E-state index is 0.582. The summed E-state index contributed by atoms with van der Waals surface area (Å²) in [4.78, 5) is 2.48. The van der Waals surface area contributed by atoms with Crippen LogP contribution in [-0.2, 0) is 17.8 Å². The normalized spacial score (nSPS) is 15.4. The summed E-state index contributed by atoms with van der Waals surface area (Å²) < 4.78 is 12.4. The van der Waals surface area contributed by atoms with E-state index < -0.39 is 0 Å². The van der Waals surface area contributed by atoms with Gasteiger partial charge >= 0.3 is 0 Å². The highest BCUT2D eigenvalue weighted by atomic mass is 79.9. The number of halogens is 1. The lowest BCUT2D eigenvalue weighted by Gasteiger charge is -2.26. The molecule has 0 amide bonds. The van der Waals surface area contributed by atoms with Crippen LogP contribution in [0.5, 0.6) is 5.75 Å². The molecule has 0 bridgehead atoms. The maximum absolute atomic E-state index is 5.95. The van der Waals surface area contributed by atoms with Crippen LogP contribution in [0.3, 0.4) is 0 Å². The zero-order chi connectivity index (χ0) is 16.6. The maximum atomic E-state index is 5.95. The van der Waals surface area contributed by atoms with Crippen LogP contribution in [0.15, 0.2) is 53.0 Å². The molecule has 0 radical (unpaired) electrons. The van der Waals surface area contributed by atoms with Crippen molar-refractivity contribution in [2.75, 3.05) is 32.8 Å². The molecule has 0 unspecified atom stereocenters. The fourth-order valence-electron chi connectivity index (χ4n) is 2.90. The molecule has 0 aliphatic carbocycles. The highest BCUT2D eigenvalue weighted by Crippen LogP contribution is 2.20. The third kappa shape index (κ3) is 5.33. The van der Waals surface area contributed by atoms with Crippen molar-refractivity contribution in [3.63, 3.8) is 0 Å². The van der Waals surface area contributed by atoms with Gasteiger partial charge in [-0.05, 0) is 43.1 Å². The van der Waals surface area contributed by atoms with Crippen molar-refractivity contribution in [1.29, 1.82) is 0 Å². The Morgan fingerprint density at radius 2 is 1.88 bits per heavy atom. The fraction of sp³-hybridized carbons (Fsp3) is 0.400. The predicted octanol–water partition coefficient (Wildman–Crippen LogP) is 4.29. The van der Waals surface area contributed by atoms with Gasteiger partial charge in [-0.15, -0.1) is 0 Å². The van der Waals surface area contributed by atoms with Gasteiger partial charge in [0.1, 0.15) is 12.4 Å². The van der Waals surface area contributed by atoms with Crippen LogP contribution < -0.4 is 4.74 Å². The number of morpholine rings is 1. The second-order valence-electron chi connectivity index (χ2n) is 6.09. The van der Waals surface area contributed by atoms with Crippen LogP contribution in [0.4, 0.5) is 0 Å². The number of aryl methyl sites for hydroxylation is 1. The second-order valence-corrected chi connectivity index (χ2v) is 6.94. The van der Waals surface area contributed by atoms with Gasteiger partial charge in [-0.3, -0.25) is 4.90 Å². The number of hydrogen-bond donors (Lipinski definition) is 0. The van der Waals surface area contributed by atoms with Crippen molar-refractivity contribution in [3.05, 3.63) is 64.1 Å². The average molecular weight is 390 g/mol. The van der Waals surface area contributed by atoms with Gasteiger partial charge in [0.25, 0.3) is 0 Å². The Labute approximate surface area is 152 Å². The summed E-state index contributed by atoms with van der Waals surface area (Å²) >= 11 is 3.56. The minimum Gasteiger partial charge on any atom is -0.489 e. The van der Waals surface area contributed by atoms with Gasteiger partial charge in [-0.2, -0.15) is 0 Å². The number of benzene rings is 2. The van der Waals surface area contributed by atoms with Crippen molar-refractivity contribution in [1.82, 2.24) is 4.90 Å². The van der Waals surface area contributed by atoms with Crippen molar-refractivity contribution in [3.8, 4) is 5.75 Å². The van der Waals surface area contributed by atoms with E-state index in [0.29, 0.717) is 6.61 Å². The van der Waals surface area contributed by atoms with Gasteiger partial charge in [0, 0.05) is 23.1 Å². The van der Waals surface area contributed by atoms with Crippen molar-refractivity contribution in [2.45, 2.75) is 19.4 Å². The largest absolute Gasteiger partial charge is 0.489 e. The molecule has 0 saturated carbocycles. The molecular formula is C20H24BrNO2. The monoisotopic (exact) mass is 389 g/mol. The summed E-state index contributed by atoms with van der Waals surface area (Å²) in [5.74, 6) is 0.939. The Hall–Kier alpha value is -1.36. The molecule has 0 N–H and O–H groups in total. The van der Waals surface area contributed by atoms with Crippen LogP contribution in [0.25, 0.3) is 0 Å². The first kappa shape index (κ1) is 17.5. The Morgan fingerprint density at radius 1 is 1.04 bits per heavy atom. The molecule has 4 heteroatoms. The van der Waals surface area contributed by atoms with E-state index in [0.717, 1.165) is 55.1 Å². The van der Waals surface area contributed by atoms with E-state index in [1.807, 2.05) is 24.3 Å². The molecule has 24 heavy (non-hydrogen) atoms. The quantitative estimate of drug-likeness (QED) is 0.704. The van der Waals surface area contributed by atoms with Crippen molar-refractivity contribution in [2.24, 2.45) is 0 Å². The van der Waals surface area contributed by atoms with Crippen LogP contribution >= 0.6 is 15.9 Å². The maximum Gasteiger partial charge on any atom is 0.120 e. The molecule has 1 saturated heterocycles. The van der Waals surface area contributed by atoms with Gasteiger partial charge in [-0.25, -0.2) is 0 Å². The summed E-state index contributed by atoms with van der Waals surface area (Å²) in [6, 6.07) is 16.6. The van der Waals surface area contributed by atoms with E-state index in [9.17, 15) is 0 Å². The summed E-state index contributed by atoms with van der Waals surface area (Å²) in [6.07, 6.45) is 2.26. The van der Waals surface area contributed by atoms with Crippen LogP contribution in [-0.4, -0.2) is 37.7 Å². The van der Waals surface area contributed by atoms with Crippen LogP contribution in [0.2, 0.25) is 0 Å². The Morgan fingerprint density at radius 3 is 2.71 bits per heavy atom. The summed E-state index contributed by atoms with van der Waals surface area (Å²) in [5.41, 5.74) is 2.50. The van der Waals surface area contributed by atoms with E-state index >= 15 is 0 Å². The highest BCUT2D eigenvalue weighted by Gasteiger charge is 2.09. The number of nitrogens with zero attached hydrogens (tertiary/aromatic N) is 1. The SMILES string of the molecule is Brc1ccccc1COc1cccc(CCCN2CCOCC2)c1. The first-order valence-corrected chi connectivity index (χ1v) is 9.36. The van der Waals surface area contributed by atoms with E-state index in [1.54, 1.807) is 0 Å². The van der Waals surface area contributed by atoms with E-state index in [-0.39, 0.29) is 0 Å². The molecule has 1 heterocycles. The number of hydrogen-bond acceptors (Lipinski definition) is 3. The zero-order valence-corrected chi connectivity index (χ0v) is 15.5. The molecule has 1 aliphatic heterocycles. The third-order valence-electron chi connectivity index (χ3n) is 4.29. The summed E-state index contributed by atoms with van der Waals surface area (Å²) in [5, 5.41) is 0. The minimum atomic E-state index is 0.582. The summed E-state index contributed by atoms with van der Waals surface area (Å²) in [6.45, 7) is 5.60. The standard InChI is InChI=1S/C20H24BrNO2/c21-20-9-2-1-7-18(20)16-24-19-8-3-5-17(15-19)6-4-10-22-11-13-23-14-12-22/h1-3,5,7-9,15H,4,6,10-14,16H2. The van der Waals surface area contributed by atoms with Crippen LogP contribution in [0, 0.1) is 0 Å². The molecule has 2 aromatic carbocycles. The average Bonchev–Trinajstić information content (AvgIpc) is 2.62. The Bertz CT molecular complexity index is 641. The molecule has 3 rings (SSSR count). The van der Waals surface area contributed by atoms with Gasteiger partial charge in [0.05, 0.1) is 13.2 Å². The van der Waals surface area contributed by atoms with Gasteiger partial charge in [-0.1, -0.05) is 46.3 Å². The lowest BCUT2D eigenvalue weighted by atomic mass is 10.1. The van der Waals surface area contributed by atoms with Gasteiger partial charge < -0.3 is 9.47 Å². The van der Waals surface area contributed by atoms with Crippen molar-refractivity contribution < 1.29 is 9.47 Å². The molecule has 2 aromatic rings. The Kier molecular flexibility index (Phi) is 6.70. The lowest BCUT2D eigenvalue weighted by molar-refractivity contribution is 0.0374. The van der Waals surface area contributed by atoms with Gasteiger partial charge in [0.2, 0.25) is 0 Å². The molecule has 0 atom stereocenters. The van der Waals surface area contributed by atoms with Crippen LogP contribution in [0.1, 0.15) is 17.5 Å². The first-order chi connectivity index (χ1) is 11.8. The molecule has 3 nitrogen and oxygen atoms in total. The molecule has 0 aromatic heterocycles. The molecule has 1 fully saturated rings.